The molecule has 0 aromatic carbocycles. The summed E-state index contributed by atoms with van der Waals surface area (Å²) in [5, 5.41) is 5.54. The first kappa shape index (κ1) is 13.4. The summed E-state index contributed by atoms with van der Waals surface area (Å²) in [4.78, 5) is 26.5. The van der Waals surface area contributed by atoms with Crippen molar-refractivity contribution in [2.75, 3.05) is 13.1 Å². The predicted molar refractivity (Wildman–Crippen MR) is 64.9 cm³/mol. The summed E-state index contributed by atoms with van der Waals surface area (Å²) in [6, 6.07) is 3.04. The van der Waals surface area contributed by atoms with E-state index in [1.807, 2.05) is 6.92 Å². The Kier molecular flexibility index (Phi) is 5.42. The van der Waals surface area contributed by atoms with Gasteiger partial charge in [-0.15, -0.1) is 0 Å². The zero-order valence-electron chi connectivity index (χ0n) is 9.50. The fourth-order valence-electron chi connectivity index (χ4n) is 1.22. The number of nitrogens with one attached hydrogen (secondary N) is 2. The first-order valence-electron chi connectivity index (χ1n) is 5.30. The number of carbonyl (C=O) groups is 2. The highest BCUT2D eigenvalue weighted by Crippen LogP contribution is 2.06. The molecular weight excluding hydrogens is 242 g/mol. The van der Waals surface area contributed by atoms with Gasteiger partial charge in [-0.2, -0.15) is 0 Å². The molecule has 1 aromatic heterocycles. The second kappa shape index (κ2) is 6.85. The molecule has 1 heterocycles. The van der Waals surface area contributed by atoms with Crippen molar-refractivity contribution in [1.82, 2.24) is 15.6 Å². The normalized spacial score (nSPS) is 9.76. The molecule has 0 aliphatic rings. The van der Waals surface area contributed by atoms with Gasteiger partial charge in [-0.3, -0.25) is 9.59 Å². The molecule has 17 heavy (non-hydrogen) atoms. The number of halogens is 1. The fourth-order valence-corrected chi connectivity index (χ4v) is 1.39. The van der Waals surface area contributed by atoms with Crippen LogP contribution in [0.15, 0.2) is 18.3 Å². The minimum absolute atomic E-state index is 0.0828. The van der Waals surface area contributed by atoms with Gasteiger partial charge in [-0.1, -0.05) is 11.6 Å². The second-order valence-electron chi connectivity index (χ2n) is 3.33. The van der Waals surface area contributed by atoms with E-state index in [9.17, 15) is 9.59 Å². The van der Waals surface area contributed by atoms with E-state index in [0.717, 1.165) is 0 Å². The number of amides is 2. The van der Waals surface area contributed by atoms with Gasteiger partial charge in [0.2, 0.25) is 5.91 Å². The molecule has 0 spiro atoms. The van der Waals surface area contributed by atoms with Gasteiger partial charge < -0.3 is 10.6 Å². The Hall–Kier alpha value is -1.62. The van der Waals surface area contributed by atoms with E-state index >= 15 is 0 Å². The standard InChI is InChI=1S/C11H14ClN3O2/c1-2-13-10(16)4-6-15-11(17)8-3-5-14-9(12)7-8/h3,5,7H,2,4,6H2,1H3,(H,13,16)(H,15,17). The third kappa shape index (κ3) is 4.82. The summed E-state index contributed by atoms with van der Waals surface area (Å²) in [5.41, 5.74) is 0.431. The van der Waals surface area contributed by atoms with Gasteiger partial charge in [-0.05, 0) is 19.1 Å². The zero-order valence-corrected chi connectivity index (χ0v) is 10.3. The van der Waals surface area contributed by atoms with Crippen LogP contribution in [-0.2, 0) is 4.79 Å². The number of rotatable bonds is 5. The van der Waals surface area contributed by atoms with Crippen LogP contribution in [0.2, 0.25) is 5.15 Å². The summed E-state index contributed by atoms with van der Waals surface area (Å²) < 4.78 is 0. The lowest BCUT2D eigenvalue weighted by Gasteiger charge is -2.05. The first-order chi connectivity index (χ1) is 8.13. The maximum atomic E-state index is 11.6. The maximum Gasteiger partial charge on any atom is 0.251 e. The summed E-state index contributed by atoms with van der Waals surface area (Å²) in [6.07, 6.45) is 1.72. The minimum Gasteiger partial charge on any atom is -0.356 e. The highest BCUT2D eigenvalue weighted by molar-refractivity contribution is 6.29. The van der Waals surface area contributed by atoms with Crippen LogP contribution < -0.4 is 10.6 Å². The molecule has 2 amide bonds. The van der Waals surface area contributed by atoms with Crippen molar-refractivity contribution >= 4 is 23.4 Å². The van der Waals surface area contributed by atoms with Gasteiger partial charge in [0.1, 0.15) is 5.15 Å². The lowest BCUT2D eigenvalue weighted by Crippen LogP contribution is -2.30. The van der Waals surface area contributed by atoms with Crippen LogP contribution in [-0.4, -0.2) is 29.9 Å². The Morgan fingerprint density at radius 3 is 2.82 bits per heavy atom. The monoisotopic (exact) mass is 255 g/mol. The Bertz CT molecular complexity index is 409. The zero-order chi connectivity index (χ0) is 12.7. The largest absolute Gasteiger partial charge is 0.356 e. The number of pyridine rings is 1. The van der Waals surface area contributed by atoms with Crippen LogP contribution in [0, 0.1) is 0 Å². The van der Waals surface area contributed by atoms with E-state index < -0.39 is 0 Å². The smallest absolute Gasteiger partial charge is 0.251 e. The molecule has 5 nitrogen and oxygen atoms in total. The molecule has 0 saturated carbocycles. The molecule has 0 unspecified atom stereocenters. The van der Waals surface area contributed by atoms with Crippen LogP contribution in [0.5, 0.6) is 0 Å². The van der Waals surface area contributed by atoms with Crippen molar-refractivity contribution in [1.29, 1.82) is 0 Å². The molecule has 2 N–H and O–H groups in total. The highest BCUT2D eigenvalue weighted by Gasteiger charge is 2.06. The third-order valence-corrected chi connectivity index (χ3v) is 2.21. The van der Waals surface area contributed by atoms with Gasteiger partial charge in [-0.25, -0.2) is 4.98 Å². The van der Waals surface area contributed by atoms with Crippen molar-refractivity contribution in [2.45, 2.75) is 13.3 Å². The molecule has 1 rings (SSSR count). The number of aromatic nitrogens is 1. The van der Waals surface area contributed by atoms with E-state index in [1.165, 1.54) is 12.3 Å². The second-order valence-corrected chi connectivity index (χ2v) is 3.71. The summed E-state index contributed by atoms with van der Waals surface area (Å²) in [7, 11) is 0. The molecule has 92 valence electrons. The molecule has 0 aliphatic carbocycles. The van der Waals surface area contributed by atoms with Crippen molar-refractivity contribution in [2.24, 2.45) is 0 Å². The van der Waals surface area contributed by atoms with E-state index in [0.29, 0.717) is 18.7 Å². The Morgan fingerprint density at radius 1 is 1.41 bits per heavy atom. The Morgan fingerprint density at radius 2 is 2.18 bits per heavy atom. The van der Waals surface area contributed by atoms with Gasteiger partial charge in [0.15, 0.2) is 0 Å². The highest BCUT2D eigenvalue weighted by atomic mass is 35.5. The third-order valence-electron chi connectivity index (χ3n) is 2.00. The van der Waals surface area contributed by atoms with Crippen LogP contribution >= 0.6 is 11.6 Å². The van der Waals surface area contributed by atoms with E-state index in [4.69, 9.17) is 11.6 Å². The fraction of sp³-hybridized carbons (Fsp3) is 0.364. The SMILES string of the molecule is CCNC(=O)CCNC(=O)c1ccnc(Cl)c1. The van der Waals surface area contributed by atoms with Crippen LogP contribution in [0.4, 0.5) is 0 Å². The Labute approximate surface area is 105 Å². The van der Waals surface area contributed by atoms with Crippen molar-refractivity contribution in [3.63, 3.8) is 0 Å². The molecule has 0 radical (unpaired) electrons. The first-order valence-corrected chi connectivity index (χ1v) is 5.67. The average molecular weight is 256 g/mol. The van der Waals surface area contributed by atoms with Gasteiger partial charge in [0.05, 0.1) is 0 Å². The molecule has 0 bridgehead atoms. The molecule has 0 saturated heterocycles. The molecule has 0 fully saturated rings. The molecule has 6 heteroatoms. The van der Waals surface area contributed by atoms with Crippen LogP contribution in [0.3, 0.4) is 0 Å². The van der Waals surface area contributed by atoms with Gasteiger partial charge >= 0.3 is 0 Å². The molecule has 0 aliphatic heterocycles. The molecule has 1 aromatic rings. The van der Waals surface area contributed by atoms with Crippen molar-refractivity contribution in [3.8, 4) is 0 Å². The maximum absolute atomic E-state index is 11.6. The lowest BCUT2D eigenvalue weighted by molar-refractivity contribution is -0.120. The van der Waals surface area contributed by atoms with Crippen molar-refractivity contribution in [3.05, 3.63) is 29.0 Å². The topological polar surface area (TPSA) is 71.1 Å². The number of nitrogens with zero attached hydrogens (tertiary/aromatic N) is 1. The Balaban J connectivity index is 2.38. The van der Waals surface area contributed by atoms with E-state index in [1.54, 1.807) is 6.07 Å². The number of carbonyl (C=O) groups excluding carboxylic acids is 2. The van der Waals surface area contributed by atoms with Gasteiger partial charge in [0, 0.05) is 31.3 Å². The summed E-state index contributed by atoms with van der Waals surface area (Å²) in [6.45, 7) is 2.73. The van der Waals surface area contributed by atoms with E-state index in [-0.39, 0.29) is 23.4 Å². The molecular formula is C11H14ClN3O2. The van der Waals surface area contributed by atoms with Gasteiger partial charge in [0.25, 0.3) is 5.91 Å². The number of hydrogen-bond acceptors (Lipinski definition) is 3. The number of hydrogen-bond donors (Lipinski definition) is 2. The van der Waals surface area contributed by atoms with Crippen molar-refractivity contribution < 1.29 is 9.59 Å². The summed E-state index contributed by atoms with van der Waals surface area (Å²) in [5.74, 6) is -0.348. The molecule has 0 atom stereocenters. The van der Waals surface area contributed by atoms with Crippen LogP contribution in [0.1, 0.15) is 23.7 Å². The summed E-state index contributed by atoms with van der Waals surface area (Å²) >= 11 is 5.66. The predicted octanol–water partition coefficient (Wildman–Crippen LogP) is 0.991. The lowest BCUT2D eigenvalue weighted by atomic mass is 10.2. The quantitative estimate of drug-likeness (QED) is 0.771. The van der Waals surface area contributed by atoms with E-state index in [2.05, 4.69) is 15.6 Å². The minimum atomic E-state index is -0.265. The van der Waals surface area contributed by atoms with Crippen LogP contribution in [0.25, 0.3) is 0 Å². The average Bonchev–Trinajstić information content (AvgIpc) is 2.29.